The number of amides is 1. The van der Waals surface area contributed by atoms with Crippen molar-refractivity contribution in [3.8, 4) is 16.9 Å². The largest absolute Gasteiger partial charge is 0.497 e. The van der Waals surface area contributed by atoms with Gasteiger partial charge in [0.15, 0.2) is 0 Å². The van der Waals surface area contributed by atoms with Gasteiger partial charge in [-0.2, -0.15) is 5.10 Å². The number of carbonyl (C=O) groups excluding carboxylic acids is 1. The molecular weight excluding hydrogens is 344 g/mol. The van der Waals surface area contributed by atoms with Crippen LogP contribution in [0.4, 0.5) is 10.5 Å². The Hall–Kier alpha value is -2.70. The van der Waals surface area contributed by atoms with Gasteiger partial charge in [0.1, 0.15) is 11.4 Å². The Balaban J connectivity index is 1.65. The van der Waals surface area contributed by atoms with Crippen LogP contribution in [-0.2, 0) is 4.74 Å². The van der Waals surface area contributed by atoms with Crippen molar-refractivity contribution in [1.82, 2.24) is 14.7 Å². The number of ether oxygens (including phenoxy) is 2. The molecule has 2 heterocycles. The first-order chi connectivity index (χ1) is 12.7. The Labute approximate surface area is 160 Å². The minimum absolute atomic E-state index is 0.242. The lowest BCUT2D eigenvalue weighted by Crippen LogP contribution is -2.42. The number of likely N-dealkylation sites (tertiary alicyclic amines) is 1. The van der Waals surface area contributed by atoms with Gasteiger partial charge in [-0.3, -0.25) is 4.68 Å². The minimum atomic E-state index is -0.469. The molecule has 3 rings (SSSR count). The van der Waals surface area contributed by atoms with Crippen LogP contribution in [0.25, 0.3) is 11.1 Å². The van der Waals surface area contributed by atoms with Gasteiger partial charge in [-0.1, -0.05) is 0 Å². The van der Waals surface area contributed by atoms with E-state index in [1.807, 2.05) is 50.0 Å². The summed E-state index contributed by atoms with van der Waals surface area (Å²) in [7, 11) is 1.63. The molecule has 0 aliphatic carbocycles. The van der Waals surface area contributed by atoms with Gasteiger partial charge < -0.3 is 20.1 Å². The third-order valence-electron chi connectivity index (χ3n) is 4.59. The summed E-state index contributed by atoms with van der Waals surface area (Å²) >= 11 is 0. The summed E-state index contributed by atoms with van der Waals surface area (Å²) in [6.45, 7) is 6.98. The first kappa shape index (κ1) is 19.1. The summed E-state index contributed by atoms with van der Waals surface area (Å²) in [5.41, 5.74) is 8.11. The summed E-state index contributed by atoms with van der Waals surface area (Å²) in [6.07, 6.45) is 5.33. The van der Waals surface area contributed by atoms with E-state index in [9.17, 15) is 4.79 Å². The molecule has 2 aromatic rings. The SMILES string of the molecule is COc1cc(N)cc(-c2cnn(C3CCN(C(=O)OC(C)(C)C)CC3)c2)c1. The van der Waals surface area contributed by atoms with E-state index in [-0.39, 0.29) is 12.1 Å². The predicted molar refractivity (Wildman–Crippen MR) is 105 cm³/mol. The maximum absolute atomic E-state index is 12.2. The molecule has 0 spiro atoms. The molecule has 0 atom stereocenters. The number of nitrogen functional groups attached to an aromatic ring is 1. The van der Waals surface area contributed by atoms with Crippen LogP contribution in [0.2, 0.25) is 0 Å². The molecule has 2 N–H and O–H groups in total. The molecule has 0 unspecified atom stereocenters. The van der Waals surface area contributed by atoms with Crippen LogP contribution in [0, 0.1) is 0 Å². The van der Waals surface area contributed by atoms with Gasteiger partial charge in [-0.05, 0) is 51.3 Å². The molecule has 0 saturated carbocycles. The molecule has 7 heteroatoms. The van der Waals surface area contributed by atoms with Crippen LogP contribution >= 0.6 is 0 Å². The summed E-state index contributed by atoms with van der Waals surface area (Å²) in [4.78, 5) is 14.0. The van der Waals surface area contributed by atoms with Crippen LogP contribution in [0.1, 0.15) is 39.7 Å². The van der Waals surface area contributed by atoms with E-state index in [0.29, 0.717) is 18.8 Å². The van der Waals surface area contributed by atoms with Crippen LogP contribution in [0.3, 0.4) is 0 Å². The van der Waals surface area contributed by atoms with Gasteiger partial charge >= 0.3 is 6.09 Å². The average molecular weight is 372 g/mol. The number of piperidine rings is 1. The number of hydrogen-bond acceptors (Lipinski definition) is 5. The standard InChI is InChI=1S/C20H28N4O3/c1-20(2,3)27-19(25)23-7-5-17(6-8-23)24-13-15(12-22-24)14-9-16(21)11-18(10-14)26-4/h9-13,17H,5-8,21H2,1-4H3. The monoisotopic (exact) mass is 372 g/mol. The molecule has 1 aliphatic heterocycles. The van der Waals surface area contributed by atoms with Crippen molar-refractivity contribution in [3.63, 3.8) is 0 Å². The van der Waals surface area contributed by atoms with Crippen LogP contribution in [0.15, 0.2) is 30.6 Å². The second-order valence-electron chi connectivity index (χ2n) is 7.90. The third-order valence-corrected chi connectivity index (χ3v) is 4.59. The van der Waals surface area contributed by atoms with Crippen LogP contribution < -0.4 is 10.5 Å². The number of methoxy groups -OCH3 is 1. The molecule has 1 saturated heterocycles. The van der Waals surface area contributed by atoms with Crippen LogP contribution in [0.5, 0.6) is 5.75 Å². The number of aromatic nitrogens is 2. The number of rotatable bonds is 3. The van der Waals surface area contributed by atoms with Gasteiger partial charge in [0.05, 0.1) is 19.3 Å². The molecule has 27 heavy (non-hydrogen) atoms. The zero-order valence-electron chi connectivity index (χ0n) is 16.4. The number of nitrogens with zero attached hydrogens (tertiary/aromatic N) is 3. The van der Waals surface area contributed by atoms with Crippen molar-refractivity contribution >= 4 is 11.8 Å². The molecule has 1 aromatic carbocycles. The van der Waals surface area contributed by atoms with E-state index in [2.05, 4.69) is 5.10 Å². The number of benzene rings is 1. The molecule has 1 aliphatic rings. The van der Waals surface area contributed by atoms with Crippen molar-refractivity contribution in [3.05, 3.63) is 30.6 Å². The number of carbonyl (C=O) groups is 1. The molecule has 0 radical (unpaired) electrons. The Morgan fingerprint density at radius 1 is 1.19 bits per heavy atom. The van der Waals surface area contributed by atoms with Crippen molar-refractivity contribution in [1.29, 1.82) is 0 Å². The normalized spacial score (nSPS) is 15.6. The Morgan fingerprint density at radius 3 is 2.52 bits per heavy atom. The van der Waals surface area contributed by atoms with E-state index < -0.39 is 5.60 Å². The zero-order valence-corrected chi connectivity index (χ0v) is 16.4. The van der Waals surface area contributed by atoms with Gasteiger partial charge in [0.25, 0.3) is 0 Å². The number of nitrogens with two attached hydrogens (primary N) is 1. The Morgan fingerprint density at radius 2 is 1.89 bits per heavy atom. The van der Waals surface area contributed by atoms with Crippen LogP contribution in [-0.4, -0.2) is 46.6 Å². The maximum atomic E-state index is 12.2. The van der Waals surface area contributed by atoms with E-state index in [1.165, 1.54) is 0 Å². The molecule has 146 valence electrons. The highest BCUT2D eigenvalue weighted by atomic mass is 16.6. The Bertz CT molecular complexity index is 802. The fraction of sp³-hybridized carbons (Fsp3) is 0.500. The zero-order chi connectivity index (χ0) is 19.6. The van der Waals surface area contributed by atoms with Gasteiger partial charge in [0, 0.05) is 36.6 Å². The lowest BCUT2D eigenvalue weighted by atomic mass is 10.1. The van der Waals surface area contributed by atoms with E-state index in [1.54, 1.807) is 18.1 Å². The second-order valence-corrected chi connectivity index (χ2v) is 7.90. The molecular formula is C20H28N4O3. The lowest BCUT2D eigenvalue weighted by molar-refractivity contribution is 0.0185. The molecule has 1 amide bonds. The first-order valence-corrected chi connectivity index (χ1v) is 9.22. The third kappa shape index (κ3) is 4.72. The molecule has 0 bridgehead atoms. The summed E-state index contributed by atoms with van der Waals surface area (Å²) in [5.74, 6) is 0.725. The summed E-state index contributed by atoms with van der Waals surface area (Å²) < 4.78 is 12.7. The summed E-state index contributed by atoms with van der Waals surface area (Å²) in [5, 5.41) is 4.53. The fourth-order valence-electron chi connectivity index (χ4n) is 3.23. The first-order valence-electron chi connectivity index (χ1n) is 9.22. The smallest absolute Gasteiger partial charge is 0.410 e. The van der Waals surface area contributed by atoms with Gasteiger partial charge in [-0.15, -0.1) is 0 Å². The highest BCUT2D eigenvalue weighted by Crippen LogP contribution is 2.29. The van der Waals surface area contributed by atoms with Crippen molar-refractivity contribution < 1.29 is 14.3 Å². The quantitative estimate of drug-likeness (QED) is 0.831. The lowest BCUT2D eigenvalue weighted by Gasteiger charge is -2.33. The van der Waals surface area contributed by atoms with E-state index >= 15 is 0 Å². The van der Waals surface area contributed by atoms with E-state index in [4.69, 9.17) is 15.2 Å². The van der Waals surface area contributed by atoms with E-state index in [0.717, 1.165) is 29.7 Å². The van der Waals surface area contributed by atoms with Crippen molar-refractivity contribution in [2.75, 3.05) is 25.9 Å². The van der Waals surface area contributed by atoms with Gasteiger partial charge in [-0.25, -0.2) is 4.79 Å². The van der Waals surface area contributed by atoms with Crippen molar-refractivity contribution in [2.24, 2.45) is 0 Å². The van der Waals surface area contributed by atoms with Crippen molar-refractivity contribution in [2.45, 2.75) is 45.3 Å². The fourth-order valence-corrected chi connectivity index (χ4v) is 3.23. The molecule has 1 fully saturated rings. The second kappa shape index (κ2) is 7.50. The Kier molecular flexibility index (Phi) is 5.30. The molecule has 7 nitrogen and oxygen atoms in total. The predicted octanol–water partition coefficient (Wildman–Crippen LogP) is 3.71. The highest BCUT2D eigenvalue weighted by Gasteiger charge is 2.27. The maximum Gasteiger partial charge on any atom is 0.410 e. The average Bonchev–Trinajstić information content (AvgIpc) is 3.10. The topological polar surface area (TPSA) is 82.6 Å². The molecule has 1 aromatic heterocycles. The number of anilines is 1. The van der Waals surface area contributed by atoms with Gasteiger partial charge in [0.2, 0.25) is 0 Å². The number of hydrogen-bond donors (Lipinski definition) is 1. The summed E-state index contributed by atoms with van der Waals surface area (Å²) in [6, 6.07) is 5.92. The highest BCUT2D eigenvalue weighted by molar-refractivity contribution is 5.69. The minimum Gasteiger partial charge on any atom is -0.497 e.